The van der Waals surface area contributed by atoms with Crippen LogP contribution >= 0.6 is 0 Å². The van der Waals surface area contributed by atoms with Crippen LogP contribution in [0, 0.1) is 6.92 Å². The van der Waals surface area contributed by atoms with Crippen molar-refractivity contribution in [2.24, 2.45) is 0 Å². The summed E-state index contributed by atoms with van der Waals surface area (Å²) in [5.41, 5.74) is 6.87. The predicted octanol–water partition coefficient (Wildman–Crippen LogP) is 1.99. The van der Waals surface area contributed by atoms with Gasteiger partial charge in [-0.25, -0.2) is 0 Å². The summed E-state index contributed by atoms with van der Waals surface area (Å²) in [5.74, 6) is 0.846. The molecule has 1 saturated heterocycles. The smallest absolute Gasteiger partial charge is 0.119 e. The van der Waals surface area contributed by atoms with Gasteiger partial charge >= 0.3 is 0 Å². The Morgan fingerprint density at radius 1 is 1.00 bits per heavy atom. The second kappa shape index (κ2) is 9.27. The van der Waals surface area contributed by atoms with E-state index in [1.807, 2.05) is 19.1 Å². The van der Waals surface area contributed by atoms with Gasteiger partial charge in [0.05, 0.1) is 13.2 Å². The fraction of sp³-hybridized carbons (Fsp3) is 0.520. The molecule has 31 heavy (non-hydrogen) atoms. The zero-order valence-electron chi connectivity index (χ0n) is 18.1. The minimum Gasteiger partial charge on any atom is -0.494 e. The van der Waals surface area contributed by atoms with Gasteiger partial charge < -0.3 is 29.9 Å². The second-order valence-electron chi connectivity index (χ2n) is 8.56. The van der Waals surface area contributed by atoms with Crippen molar-refractivity contribution in [1.29, 1.82) is 0 Å². The van der Waals surface area contributed by atoms with Crippen molar-refractivity contribution in [3.8, 4) is 5.75 Å². The molecule has 1 heterocycles. The van der Waals surface area contributed by atoms with Gasteiger partial charge in [-0.15, -0.1) is 0 Å². The molecule has 0 bridgehead atoms. The maximum absolute atomic E-state index is 10.7. The number of benzene rings is 2. The fourth-order valence-corrected chi connectivity index (χ4v) is 4.94. The van der Waals surface area contributed by atoms with Gasteiger partial charge in [-0.1, -0.05) is 18.2 Å². The van der Waals surface area contributed by atoms with Gasteiger partial charge in [0.15, 0.2) is 0 Å². The van der Waals surface area contributed by atoms with E-state index in [1.165, 1.54) is 11.1 Å². The quantitative estimate of drug-likeness (QED) is 0.562. The van der Waals surface area contributed by atoms with Gasteiger partial charge in [0, 0.05) is 0 Å². The van der Waals surface area contributed by atoms with Gasteiger partial charge in [-0.2, -0.15) is 0 Å². The Balaban J connectivity index is 1.70. The molecular formula is C25H32O6. The zero-order valence-corrected chi connectivity index (χ0v) is 18.1. The fourth-order valence-electron chi connectivity index (χ4n) is 4.94. The van der Waals surface area contributed by atoms with Gasteiger partial charge in [0.25, 0.3) is 0 Å². The Hall–Kier alpha value is -1.96. The average Bonchev–Trinajstić information content (AvgIpc) is 3.27. The largest absolute Gasteiger partial charge is 0.494 e. The minimum absolute atomic E-state index is 0.422. The molecule has 2 aromatic carbocycles. The van der Waals surface area contributed by atoms with E-state index in [-0.39, 0.29) is 0 Å². The topological polar surface area (TPSA) is 99.4 Å². The van der Waals surface area contributed by atoms with Crippen LogP contribution in [0.5, 0.6) is 5.75 Å². The number of aliphatic hydroxyl groups excluding tert-OH is 4. The molecule has 1 aliphatic heterocycles. The first kappa shape index (κ1) is 22.2. The van der Waals surface area contributed by atoms with Crippen molar-refractivity contribution in [1.82, 2.24) is 0 Å². The summed E-state index contributed by atoms with van der Waals surface area (Å²) in [6.07, 6.45) is -2.04. The van der Waals surface area contributed by atoms with Crippen LogP contribution < -0.4 is 4.74 Å². The standard InChI is InChI=1S/C25H32O6/c1-3-30-17-9-7-15(8-10-17)11-16-12-20(19-6-4-5-18(19)14(16)2)25-24(29)23(28)22(27)21(13-26)31-25/h7-10,12,21-29H,3-6,11,13H2,1-2H3/t21-,22-,23+,24-,25+/m1/s1. The lowest BCUT2D eigenvalue weighted by Crippen LogP contribution is -2.55. The van der Waals surface area contributed by atoms with Crippen molar-refractivity contribution in [3.63, 3.8) is 0 Å². The van der Waals surface area contributed by atoms with Crippen molar-refractivity contribution in [3.05, 3.63) is 63.7 Å². The lowest BCUT2D eigenvalue weighted by Gasteiger charge is -2.41. The van der Waals surface area contributed by atoms with E-state index in [1.54, 1.807) is 0 Å². The number of aliphatic hydroxyl groups is 4. The second-order valence-corrected chi connectivity index (χ2v) is 8.56. The van der Waals surface area contributed by atoms with Gasteiger partial charge in [-0.3, -0.25) is 0 Å². The molecule has 0 aromatic heterocycles. The molecule has 1 aliphatic carbocycles. The first-order valence-electron chi connectivity index (χ1n) is 11.1. The predicted molar refractivity (Wildman–Crippen MR) is 116 cm³/mol. The Kier molecular flexibility index (Phi) is 6.65. The molecule has 1 fully saturated rings. The molecule has 168 valence electrons. The number of fused-ring (bicyclic) bond motifs is 1. The first-order valence-corrected chi connectivity index (χ1v) is 11.1. The van der Waals surface area contributed by atoms with Crippen molar-refractivity contribution in [2.75, 3.05) is 13.2 Å². The minimum atomic E-state index is -1.37. The molecule has 0 amide bonds. The summed E-state index contributed by atoms with van der Waals surface area (Å²) in [7, 11) is 0. The van der Waals surface area contributed by atoms with Crippen molar-refractivity contribution in [2.45, 2.75) is 70.1 Å². The Bertz CT molecular complexity index is 907. The maximum Gasteiger partial charge on any atom is 0.119 e. The molecule has 2 aliphatic rings. The number of hydrogen-bond donors (Lipinski definition) is 4. The van der Waals surface area contributed by atoms with Crippen molar-refractivity contribution < 1.29 is 29.9 Å². The third-order valence-electron chi connectivity index (χ3n) is 6.66. The highest BCUT2D eigenvalue weighted by Gasteiger charge is 2.45. The third-order valence-corrected chi connectivity index (χ3v) is 6.66. The van der Waals surface area contributed by atoms with Crippen LogP contribution in [0.4, 0.5) is 0 Å². The summed E-state index contributed by atoms with van der Waals surface area (Å²) in [6, 6.07) is 10.1. The van der Waals surface area contributed by atoms with Gasteiger partial charge in [-0.05, 0) is 85.0 Å². The molecular weight excluding hydrogens is 396 g/mol. The summed E-state index contributed by atoms with van der Waals surface area (Å²) in [6.45, 7) is 4.31. The van der Waals surface area contributed by atoms with Crippen LogP contribution in [0.15, 0.2) is 30.3 Å². The molecule has 4 N–H and O–H groups in total. The normalized spacial score (nSPS) is 27.9. The van der Waals surface area contributed by atoms with E-state index < -0.39 is 37.1 Å². The van der Waals surface area contributed by atoms with E-state index in [0.29, 0.717) is 6.61 Å². The Morgan fingerprint density at radius 2 is 1.71 bits per heavy atom. The highest BCUT2D eigenvalue weighted by Crippen LogP contribution is 2.40. The first-order chi connectivity index (χ1) is 14.9. The molecule has 6 heteroatoms. The third kappa shape index (κ3) is 4.23. The van der Waals surface area contributed by atoms with E-state index in [2.05, 4.69) is 25.1 Å². The number of ether oxygens (including phenoxy) is 2. The lowest BCUT2D eigenvalue weighted by molar-refractivity contribution is -0.231. The van der Waals surface area contributed by atoms with E-state index >= 15 is 0 Å². The monoisotopic (exact) mass is 428 g/mol. The summed E-state index contributed by atoms with van der Waals surface area (Å²) in [5, 5.41) is 40.8. The average molecular weight is 429 g/mol. The van der Waals surface area contributed by atoms with E-state index in [9.17, 15) is 20.4 Å². The van der Waals surface area contributed by atoms with Crippen LogP contribution in [-0.4, -0.2) is 58.1 Å². The molecule has 4 rings (SSSR count). The molecule has 5 atom stereocenters. The summed E-state index contributed by atoms with van der Waals surface area (Å²) in [4.78, 5) is 0. The molecule has 0 radical (unpaired) electrons. The van der Waals surface area contributed by atoms with Crippen molar-refractivity contribution >= 4 is 0 Å². The van der Waals surface area contributed by atoms with Crippen LogP contribution in [0.1, 0.15) is 52.8 Å². The van der Waals surface area contributed by atoms with Crippen LogP contribution in [-0.2, 0) is 24.0 Å². The van der Waals surface area contributed by atoms with Crippen LogP contribution in [0.2, 0.25) is 0 Å². The SMILES string of the molecule is CCOc1ccc(Cc2cc([C@@H]3O[C@H](CO)[C@@H](O)[C@H](O)[C@H]3O)c3c(c2C)CCC3)cc1. The zero-order chi connectivity index (χ0) is 22.1. The van der Waals surface area contributed by atoms with E-state index in [0.717, 1.165) is 53.7 Å². The van der Waals surface area contributed by atoms with E-state index in [4.69, 9.17) is 9.47 Å². The summed E-state index contributed by atoms with van der Waals surface area (Å²) < 4.78 is 11.4. The van der Waals surface area contributed by atoms with Gasteiger partial charge in [0.1, 0.15) is 36.3 Å². The Morgan fingerprint density at radius 3 is 2.39 bits per heavy atom. The molecule has 0 saturated carbocycles. The number of rotatable bonds is 6. The molecule has 2 aromatic rings. The Labute approximate surface area is 183 Å². The highest BCUT2D eigenvalue weighted by molar-refractivity contribution is 5.50. The van der Waals surface area contributed by atoms with Gasteiger partial charge in [0.2, 0.25) is 0 Å². The lowest BCUT2D eigenvalue weighted by atomic mass is 9.84. The molecule has 0 unspecified atom stereocenters. The van der Waals surface area contributed by atoms with Crippen LogP contribution in [0.3, 0.4) is 0 Å². The van der Waals surface area contributed by atoms with Crippen LogP contribution in [0.25, 0.3) is 0 Å². The number of hydrogen-bond acceptors (Lipinski definition) is 6. The molecule has 0 spiro atoms. The highest BCUT2D eigenvalue weighted by atomic mass is 16.5. The maximum atomic E-state index is 10.7. The summed E-state index contributed by atoms with van der Waals surface area (Å²) >= 11 is 0. The molecule has 6 nitrogen and oxygen atoms in total.